The Labute approximate surface area is 93.2 Å². The van der Waals surface area contributed by atoms with Gasteiger partial charge in [-0.25, -0.2) is 9.18 Å². The predicted molar refractivity (Wildman–Crippen MR) is 58.5 cm³/mol. The highest BCUT2D eigenvalue weighted by atomic mass is 19.1. The molecule has 0 amide bonds. The van der Waals surface area contributed by atoms with E-state index in [0.717, 1.165) is 0 Å². The number of aliphatic hydroxyl groups excluding tert-OH is 1. The molecular weight excluding hydrogens is 211 g/mol. The van der Waals surface area contributed by atoms with Gasteiger partial charge in [-0.15, -0.1) is 0 Å². The van der Waals surface area contributed by atoms with Gasteiger partial charge in [0, 0.05) is 12.2 Å². The van der Waals surface area contributed by atoms with Gasteiger partial charge in [-0.05, 0) is 24.6 Å². The van der Waals surface area contributed by atoms with Crippen LogP contribution < -0.4 is 0 Å². The first-order valence-electron chi connectivity index (χ1n) is 4.84. The third-order valence-corrected chi connectivity index (χ3v) is 2.01. The molecule has 1 N–H and O–H groups in total. The van der Waals surface area contributed by atoms with Crippen LogP contribution in [0.1, 0.15) is 22.3 Å². The van der Waals surface area contributed by atoms with Gasteiger partial charge in [0.2, 0.25) is 0 Å². The minimum absolute atomic E-state index is 0.00874. The van der Waals surface area contributed by atoms with Crippen LogP contribution in [0.25, 0.3) is 6.08 Å². The normalized spacial score (nSPS) is 10.7. The molecule has 0 fully saturated rings. The number of benzene rings is 1. The molecule has 4 heteroatoms. The van der Waals surface area contributed by atoms with Gasteiger partial charge in [-0.3, -0.25) is 0 Å². The lowest BCUT2D eigenvalue weighted by molar-refractivity contribution is 0.0600. The molecule has 0 unspecified atom stereocenters. The second kappa shape index (κ2) is 6.02. The van der Waals surface area contributed by atoms with Gasteiger partial charge in [0.05, 0.1) is 12.7 Å². The van der Waals surface area contributed by atoms with Gasteiger partial charge in [0.1, 0.15) is 5.82 Å². The molecule has 3 nitrogen and oxygen atoms in total. The summed E-state index contributed by atoms with van der Waals surface area (Å²) in [4.78, 5) is 11.2. The van der Waals surface area contributed by atoms with Crippen LogP contribution in [0.5, 0.6) is 0 Å². The molecule has 16 heavy (non-hydrogen) atoms. The zero-order valence-corrected chi connectivity index (χ0v) is 8.94. The van der Waals surface area contributed by atoms with Crippen molar-refractivity contribution in [3.63, 3.8) is 0 Å². The third-order valence-electron chi connectivity index (χ3n) is 2.01. The Morgan fingerprint density at radius 1 is 1.56 bits per heavy atom. The SMILES string of the molecule is COC(=O)c1ccc(F)c(C=CCCO)c1. The smallest absolute Gasteiger partial charge is 0.337 e. The number of aliphatic hydroxyl groups is 1. The fourth-order valence-corrected chi connectivity index (χ4v) is 1.20. The van der Waals surface area contributed by atoms with Crippen LogP contribution in [0.3, 0.4) is 0 Å². The molecule has 0 radical (unpaired) electrons. The number of esters is 1. The highest BCUT2D eigenvalue weighted by Crippen LogP contribution is 2.13. The third kappa shape index (κ3) is 3.17. The first-order valence-corrected chi connectivity index (χ1v) is 4.84. The Balaban J connectivity index is 2.94. The van der Waals surface area contributed by atoms with Gasteiger partial charge < -0.3 is 9.84 Å². The summed E-state index contributed by atoms with van der Waals surface area (Å²) >= 11 is 0. The number of hydrogen-bond donors (Lipinski definition) is 1. The standard InChI is InChI=1S/C12H13FO3/c1-16-12(15)10-5-6-11(13)9(8-10)4-2-3-7-14/h2,4-6,8,14H,3,7H2,1H3. The van der Waals surface area contributed by atoms with Crippen molar-refractivity contribution in [2.75, 3.05) is 13.7 Å². The van der Waals surface area contributed by atoms with Crippen LogP contribution in [0.2, 0.25) is 0 Å². The summed E-state index contributed by atoms with van der Waals surface area (Å²) in [6, 6.07) is 3.99. The molecule has 0 saturated heterocycles. The molecule has 1 aromatic rings. The quantitative estimate of drug-likeness (QED) is 0.796. The van der Waals surface area contributed by atoms with E-state index in [4.69, 9.17) is 5.11 Å². The van der Waals surface area contributed by atoms with Crippen LogP contribution in [0.4, 0.5) is 4.39 Å². The van der Waals surface area contributed by atoms with E-state index in [0.29, 0.717) is 17.5 Å². The van der Waals surface area contributed by atoms with E-state index in [1.807, 2.05) is 0 Å². The Hall–Kier alpha value is -1.68. The van der Waals surface area contributed by atoms with Crippen molar-refractivity contribution < 1.29 is 19.0 Å². The summed E-state index contributed by atoms with van der Waals surface area (Å²) in [7, 11) is 1.27. The van der Waals surface area contributed by atoms with Crippen LogP contribution in [0.15, 0.2) is 24.3 Å². The average molecular weight is 224 g/mol. The highest BCUT2D eigenvalue weighted by molar-refractivity contribution is 5.90. The molecule has 0 spiro atoms. The van der Waals surface area contributed by atoms with Crippen molar-refractivity contribution in [2.45, 2.75) is 6.42 Å². The van der Waals surface area contributed by atoms with Crippen LogP contribution in [-0.2, 0) is 4.74 Å². The molecule has 0 aliphatic rings. The second-order valence-corrected chi connectivity index (χ2v) is 3.14. The number of halogens is 1. The lowest BCUT2D eigenvalue weighted by atomic mass is 10.1. The van der Waals surface area contributed by atoms with Gasteiger partial charge in [0.25, 0.3) is 0 Å². The number of rotatable bonds is 4. The number of carbonyl (C=O) groups excluding carboxylic acids is 1. The molecule has 0 aromatic heterocycles. The molecule has 0 aliphatic heterocycles. The molecule has 0 bridgehead atoms. The van der Waals surface area contributed by atoms with E-state index >= 15 is 0 Å². The lowest BCUT2D eigenvalue weighted by Gasteiger charge is -2.01. The maximum atomic E-state index is 13.3. The van der Waals surface area contributed by atoms with E-state index in [-0.39, 0.29) is 6.61 Å². The summed E-state index contributed by atoms with van der Waals surface area (Å²) in [5.74, 6) is -0.918. The zero-order chi connectivity index (χ0) is 12.0. The average Bonchev–Trinajstić information content (AvgIpc) is 2.31. The van der Waals surface area contributed by atoms with Gasteiger partial charge in [-0.2, -0.15) is 0 Å². The molecule has 1 aromatic carbocycles. The number of methoxy groups -OCH3 is 1. The Bertz CT molecular complexity index is 399. The molecule has 0 aliphatic carbocycles. The van der Waals surface area contributed by atoms with Crippen LogP contribution in [0, 0.1) is 5.82 Å². The van der Waals surface area contributed by atoms with Gasteiger partial charge in [-0.1, -0.05) is 12.2 Å². The topological polar surface area (TPSA) is 46.5 Å². The maximum Gasteiger partial charge on any atom is 0.337 e. The van der Waals surface area contributed by atoms with Crippen molar-refractivity contribution in [2.24, 2.45) is 0 Å². The largest absolute Gasteiger partial charge is 0.465 e. The number of ether oxygens (including phenoxy) is 1. The van der Waals surface area contributed by atoms with Crippen molar-refractivity contribution >= 4 is 12.0 Å². The van der Waals surface area contributed by atoms with Gasteiger partial charge >= 0.3 is 5.97 Å². The first-order chi connectivity index (χ1) is 7.69. The van der Waals surface area contributed by atoms with E-state index in [1.165, 1.54) is 31.4 Å². The highest BCUT2D eigenvalue weighted by Gasteiger charge is 2.07. The summed E-state index contributed by atoms with van der Waals surface area (Å²) in [5, 5.41) is 8.58. The lowest BCUT2D eigenvalue weighted by Crippen LogP contribution is -2.01. The Kier molecular flexibility index (Phi) is 4.66. The number of carbonyl (C=O) groups is 1. The summed E-state index contributed by atoms with van der Waals surface area (Å²) < 4.78 is 17.8. The summed E-state index contributed by atoms with van der Waals surface area (Å²) in [6.45, 7) is 0.00874. The van der Waals surface area contributed by atoms with Gasteiger partial charge in [0.15, 0.2) is 0 Å². The molecule has 0 saturated carbocycles. The molecule has 86 valence electrons. The predicted octanol–water partition coefficient (Wildman–Crippen LogP) is 2.01. The zero-order valence-electron chi connectivity index (χ0n) is 8.94. The molecular formula is C12H13FO3. The number of hydrogen-bond acceptors (Lipinski definition) is 3. The van der Waals surface area contributed by atoms with E-state index in [1.54, 1.807) is 6.08 Å². The van der Waals surface area contributed by atoms with E-state index in [2.05, 4.69) is 4.74 Å². The molecule has 0 atom stereocenters. The maximum absolute atomic E-state index is 13.3. The van der Waals surface area contributed by atoms with Crippen molar-refractivity contribution in [1.29, 1.82) is 0 Å². The van der Waals surface area contributed by atoms with E-state index < -0.39 is 11.8 Å². The Morgan fingerprint density at radius 3 is 2.94 bits per heavy atom. The molecule has 1 rings (SSSR count). The fourth-order valence-electron chi connectivity index (χ4n) is 1.20. The minimum Gasteiger partial charge on any atom is -0.465 e. The molecule has 0 heterocycles. The van der Waals surface area contributed by atoms with Crippen molar-refractivity contribution in [3.05, 3.63) is 41.2 Å². The van der Waals surface area contributed by atoms with Crippen molar-refractivity contribution in [1.82, 2.24) is 0 Å². The van der Waals surface area contributed by atoms with Crippen LogP contribution in [-0.4, -0.2) is 24.8 Å². The fraction of sp³-hybridized carbons (Fsp3) is 0.250. The summed E-state index contributed by atoms with van der Waals surface area (Å²) in [6.07, 6.45) is 3.61. The summed E-state index contributed by atoms with van der Waals surface area (Å²) in [5.41, 5.74) is 0.601. The first kappa shape index (κ1) is 12.4. The second-order valence-electron chi connectivity index (χ2n) is 3.14. The van der Waals surface area contributed by atoms with Crippen molar-refractivity contribution in [3.8, 4) is 0 Å². The Morgan fingerprint density at radius 2 is 2.31 bits per heavy atom. The van der Waals surface area contributed by atoms with E-state index in [9.17, 15) is 9.18 Å². The minimum atomic E-state index is -0.503. The monoisotopic (exact) mass is 224 g/mol. The van der Waals surface area contributed by atoms with Crippen LogP contribution >= 0.6 is 0 Å².